The summed E-state index contributed by atoms with van der Waals surface area (Å²) < 4.78 is 5.93. The molecular formula is C20H23NO3. The molecule has 0 fully saturated rings. The van der Waals surface area contributed by atoms with E-state index in [1.807, 2.05) is 48.5 Å². The summed E-state index contributed by atoms with van der Waals surface area (Å²) in [5.74, 6) is 1.38. The number of para-hydroxylation sites is 2. The van der Waals surface area contributed by atoms with Crippen LogP contribution < -0.4 is 10.1 Å². The van der Waals surface area contributed by atoms with Crippen LogP contribution in [0.1, 0.15) is 36.8 Å². The summed E-state index contributed by atoms with van der Waals surface area (Å²) in [6.45, 7) is 2.81. The number of benzene rings is 2. The minimum atomic E-state index is -0.363. The zero-order valence-electron chi connectivity index (χ0n) is 13.9. The van der Waals surface area contributed by atoms with E-state index in [1.54, 1.807) is 0 Å². The highest BCUT2D eigenvalue weighted by Crippen LogP contribution is 2.43. The number of amides is 1. The van der Waals surface area contributed by atoms with Crippen molar-refractivity contribution in [1.82, 2.24) is 5.32 Å². The number of rotatable bonds is 6. The van der Waals surface area contributed by atoms with Gasteiger partial charge in [0.2, 0.25) is 5.91 Å². The number of nitrogens with one attached hydrogen (secondary N) is 1. The van der Waals surface area contributed by atoms with Crippen molar-refractivity contribution in [2.24, 2.45) is 5.92 Å². The molecule has 0 saturated carbocycles. The molecule has 0 aliphatic carbocycles. The molecule has 0 bridgehead atoms. The second-order valence-corrected chi connectivity index (χ2v) is 6.14. The summed E-state index contributed by atoms with van der Waals surface area (Å²) in [4.78, 5) is 12.9. The zero-order valence-corrected chi connectivity index (χ0v) is 13.9. The van der Waals surface area contributed by atoms with Gasteiger partial charge in [0, 0.05) is 24.3 Å². The van der Waals surface area contributed by atoms with Gasteiger partial charge in [0.1, 0.15) is 11.5 Å². The van der Waals surface area contributed by atoms with Crippen LogP contribution in [-0.4, -0.2) is 24.2 Å². The lowest BCUT2D eigenvalue weighted by Gasteiger charge is -2.28. The first-order valence-corrected chi connectivity index (χ1v) is 8.48. The molecule has 1 aliphatic heterocycles. The van der Waals surface area contributed by atoms with Gasteiger partial charge in [0.15, 0.2) is 0 Å². The van der Waals surface area contributed by atoms with Crippen molar-refractivity contribution in [2.75, 3.05) is 13.2 Å². The van der Waals surface area contributed by atoms with Gasteiger partial charge in [-0.2, -0.15) is 0 Å². The van der Waals surface area contributed by atoms with Crippen LogP contribution in [0.3, 0.4) is 0 Å². The maximum Gasteiger partial charge on any atom is 0.232 e. The van der Waals surface area contributed by atoms with E-state index in [0.717, 1.165) is 29.0 Å². The average molecular weight is 325 g/mol. The largest absolute Gasteiger partial charge is 0.457 e. The third-order valence-corrected chi connectivity index (χ3v) is 4.62. The van der Waals surface area contributed by atoms with Gasteiger partial charge in [-0.1, -0.05) is 49.7 Å². The molecule has 4 heteroatoms. The van der Waals surface area contributed by atoms with E-state index in [2.05, 4.69) is 12.2 Å². The maximum absolute atomic E-state index is 12.9. The van der Waals surface area contributed by atoms with Crippen molar-refractivity contribution in [3.05, 3.63) is 59.7 Å². The summed E-state index contributed by atoms with van der Waals surface area (Å²) in [6, 6.07) is 15.4. The Morgan fingerprint density at radius 1 is 1.12 bits per heavy atom. The minimum Gasteiger partial charge on any atom is -0.457 e. The molecule has 1 heterocycles. The summed E-state index contributed by atoms with van der Waals surface area (Å²) in [6.07, 6.45) is 1.64. The molecule has 1 amide bonds. The summed E-state index contributed by atoms with van der Waals surface area (Å²) in [7, 11) is 0. The molecule has 2 N–H and O–H groups in total. The molecule has 0 aromatic heterocycles. The molecule has 1 aliphatic rings. The second kappa shape index (κ2) is 7.49. The van der Waals surface area contributed by atoms with Crippen molar-refractivity contribution in [1.29, 1.82) is 0 Å². The number of aliphatic hydroxyl groups is 1. The first-order valence-electron chi connectivity index (χ1n) is 8.48. The van der Waals surface area contributed by atoms with Crippen LogP contribution in [-0.2, 0) is 4.79 Å². The lowest BCUT2D eigenvalue weighted by atomic mass is 9.87. The summed E-state index contributed by atoms with van der Waals surface area (Å²) in [5.41, 5.74) is 1.79. The monoisotopic (exact) mass is 325 g/mol. The molecule has 0 spiro atoms. The fourth-order valence-corrected chi connectivity index (χ4v) is 3.17. The lowest BCUT2D eigenvalue weighted by Crippen LogP contribution is -2.35. The number of carbonyl (C=O) groups excluding carboxylic acids is 1. The number of fused-ring (bicyclic) bond motifs is 2. The highest BCUT2D eigenvalue weighted by atomic mass is 16.5. The minimum absolute atomic E-state index is 0.0189. The Kier molecular flexibility index (Phi) is 5.16. The van der Waals surface area contributed by atoms with Gasteiger partial charge < -0.3 is 15.2 Å². The molecule has 0 radical (unpaired) electrons. The summed E-state index contributed by atoms with van der Waals surface area (Å²) >= 11 is 0. The molecule has 0 saturated heterocycles. The van der Waals surface area contributed by atoms with Crippen molar-refractivity contribution >= 4 is 5.91 Å². The Bertz CT molecular complexity index is 668. The Morgan fingerprint density at radius 2 is 1.71 bits per heavy atom. The number of ether oxygens (including phenoxy) is 1. The van der Waals surface area contributed by atoms with Crippen LogP contribution in [0.2, 0.25) is 0 Å². The first-order chi connectivity index (χ1) is 11.7. The predicted molar refractivity (Wildman–Crippen MR) is 93.3 cm³/mol. The smallest absolute Gasteiger partial charge is 0.232 e. The Morgan fingerprint density at radius 3 is 2.25 bits per heavy atom. The van der Waals surface area contributed by atoms with Gasteiger partial charge in [-0.15, -0.1) is 0 Å². The normalized spacial score (nSPS) is 14.2. The Balaban J connectivity index is 1.85. The van der Waals surface area contributed by atoms with E-state index in [9.17, 15) is 4.79 Å². The van der Waals surface area contributed by atoms with Crippen molar-refractivity contribution in [3.63, 3.8) is 0 Å². The topological polar surface area (TPSA) is 58.6 Å². The third kappa shape index (κ3) is 3.29. The van der Waals surface area contributed by atoms with Crippen LogP contribution >= 0.6 is 0 Å². The van der Waals surface area contributed by atoms with Crippen molar-refractivity contribution < 1.29 is 14.6 Å². The van der Waals surface area contributed by atoms with E-state index < -0.39 is 0 Å². The number of hydrogen-bond donors (Lipinski definition) is 2. The van der Waals surface area contributed by atoms with E-state index in [0.29, 0.717) is 18.9 Å². The standard InChI is InChI=1S/C20H23NO3/c1-2-14(11-12-22)13-21-20(23)19-15-7-3-5-9-17(15)24-18-10-6-4-8-16(18)19/h3-10,14,19,22H,2,11-13H2,1H3,(H,21,23). The molecule has 24 heavy (non-hydrogen) atoms. The van der Waals surface area contributed by atoms with Crippen LogP contribution in [0.5, 0.6) is 11.5 Å². The number of carbonyl (C=O) groups is 1. The van der Waals surface area contributed by atoms with E-state index >= 15 is 0 Å². The van der Waals surface area contributed by atoms with Gasteiger partial charge in [0.25, 0.3) is 0 Å². The Hall–Kier alpha value is -2.33. The van der Waals surface area contributed by atoms with Crippen molar-refractivity contribution in [3.8, 4) is 11.5 Å². The Labute approximate surface area is 142 Å². The molecule has 3 rings (SSSR count). The number of aliphatic hydroxyl groups excluding tert-OH is 1. The molecule has 1 unspecified atom stereocenters. The van der Waals surface area contributed by atoms with Crippen LogP contribution in [0.4, 0.5) is 0 Å². The second-order valence-electron chi connectivity index (χ2n) is 6.14. The first kappa shape index (κ1) is 16.5. The summed E-state index contributed by atoms with van der Waals surface area (Å²) in [5, 5.41) is 12.2. The van der Waals surface area contributed by atoms with Crippen molar-refractivity contribution in [2.45, 2.75) is 25.7 Å². The zero-order chi connectivity index (χ0) is 16.9. The highest BCUT2D eigenvalue weighted by Gasteiger charge is 2.32. The predicted octanol–water partition coefficient (Wildman–Crippen LogP) is 3.45. The van der Waals surface area contributed by atoms with Crippen LogP contribution in [0.15, 0.2) is 48.5 Å². The van der Waals surface area contributed by atoms with Crippen LogP contribution in [0.25, 0.3) is 0 Å². The third-order valence-electron chi connectivity index (χ3n) is 4.62. The molecule has 1 atom stereocenters. The molecular weight excluding hydrogens is 302 g/mol. The van der Waals surface area contributed by atoms with Gasteiger partial charge in [-0.25, -0.2) is 0 Å². The maximum atomic E-state index is 12.9. The lowest BCUT2D eigenvalue weighted by molar-refractivity contribution is -0.122. The molecule has 2 aromatic rings. The molecule has 2 aromatic carbocycles. The van der Waals surface area contributed by atoms with E-state index in [4.69, 9.17) is 9.84 Å². The average Bonchev–Trinajstić information content (AvgIpc) is 2.62. The SMILES string of the molecule is CCC(CCO)CNC(=O)C1c2ccccc2Oc2ccccc21. The van der Waals surface area contributed by atoms with Gasteiger partial charge >= 0.3 is 0 Å². The van der Waals surface area contributed by atoms with E-state index in [-0.39, 0.29) is 18.4 Å². The van der Waals surface area contributed by atoms with Crippen LogP contribution in [0, 0.1) is 5.92 Å². The number of hydrogen-bond acceptors (Lipinski definition) is 3. The van der Waals surface area contributed by atoms with Gasteiger partial charge in [-0.3, -0.25) is 4.79 Å². The molecule has 126 valence electrons. The quantitative estimate of drug-likeness (QED) is 0.855. The fraction of sp³-hybridized carbons (Fsp3) is 0.350. The highest BCUT2D eigenvalue weighted by molar-refractivity contribution is 5.89. The molecule has 4 nitrogen and oxygen atoms in total. The fourth-order valence-electron chi connectivity index (χ4n) is 3.17. The van der Waals surface area contributed by atoms with Gasteiger partial charge in [0.05, 0.1) is 5.92 Å². The van der Waals surface area contributed by atoms with Gasteiger partial charge in [-0.05, 0) is 24.5 Å². The van der Waals surface area contributed by atoms with E-state index in [1.165, 1.54) is 0 Å².